The van der Waals surface area contributed by atoms with Crippen LogP contribution in [0, 0.1) is 0 Å². The molecule has 0 unspecified atom stereocenters. The molecular formula is C29H40N8O4. The number of nitrogens with one attached hydrogen (secondary N) is 1. The molecule has 4 aromatic rings. The lowest BCUT2D eigenvalue weighted by Crippen LogP contribution is -2.35. The van der Waals surface area contributed by atoms with Gasteiger partial charge in [0.2, 0.25) is 11.8 Å². The molecule has 0 amide bonds. The molecule has 0 saturated heterocycles. The van der Waals surface area contributed by atoms with Gasteiger partial charge in [-0.15, -0.1) is 5.10 Å². The zero-order valence-corrected chi connectivity index (χ0v) is 24.9. The van der Waals surface area contributed by atoms with Gasteiger partial charge in [-0.05, 0) is 52.5 Å². The lowest BCUT2D eigenvalue weighted by atomic mass is 10.1. The van der Waals surface area contributed by atoms with Gasteiger partial charge in [-0.1, -0.05) is 6.92 Å². The van der Waals surface area contributed by atoms with E-state index >= 15 is 0 Å². The summed E-state index contributed by atoms with van der Waals surface area (Å²) in [5.41, 5.74) is 5.72. The van der Waals surface area contributed by atoms with E-state index in [9.17, 15) is 5.11 Å². The maximum Gasteiger partial charge on any atom is 0.240 e. The third-order valence-electron chi connectivity index (χ3n) is 7.19. The SMILES string of the molecule is CCN1Cc2c(c(OC(C)C)nn2[C@@H](C)CO)/C=C/c2[nH]nc3ncc(cc23)-c2c(COC)nn(C)c2O[C@@H](C)C1. The third kappa shape index (κ3) is 5.72. The van der Waals surface area contributed by atoms with Gasteiger partial charge in [-0.3, -0.25) is 14.7 Å². The van der Waals surface area contributed by atoms with Crippen LogP contribution in [0.4, 0.5) is 0 Å². The van der Waals surface area contributed by atoms with Crippen LogP contribution in [0.1, 0.15) is 63.3 Å². The predicted octanol–water partition coefficient (Wildman–Crippen LogP) is 3.82. The number of hydrogen-bond donors (Lipinski definition) is 2. The topological polar surface area (TPSA) is 128 Å². The molecule has 0 radical (unpaired) electrons. The predicted molar refractivity (Wildman–Crippen MR) is 157 cm³/mol. The molecule has 12 heteroatoms. The van der Waals surface area contributed by atoms with Gasteiger partial charge < -0.3 is 19.3 Å². The number of aromatic amines is 1. The highest BCUT2D eigenvalue weighted by atomic mass is 16.5. The first-order valence-electron chi connectivity index (χ1n) is 14.1. The number of hydrogen-bond acceptors (Lipinski definition) is 9. The largest absolute Gasteiger partial charge is 0.473 e. The van der Waals surface area contributed by atoms with Crippen molar-refractivity contribution in [1.82, 2.24) is 39.6 Å². The van der Waals surface area contributed by atoms with Crippen LogP contribution in [-0.2, 0) is 24.9 Å². The molecule has 5 rings (SSSR count). The quantitative estimate of drug-likeness (QED) is 0.344. The molecule has 41 heavy (non-hydrogen) atoms. The summed E-state index contributed by atoms with van der Waals surface area (Å²) in [5.74, 6) is 1.19. The van der Waals surface area contributed by atoms with Crippen LogP contribution in [0.15, 0.2) is 12.3 Å². The summed E-state index contributed by atoms with van der Waals surface area (Å²) in [6.45, 7) is 12.4. The van der Waals surface area contributed by atoms with Gasteiger partial charge in [0, 0.05) is 44.4 Å². The van der Waals surface area contributed by atoms with Crippen molar-refractivity contribution >= 4 is 23.2 Å². The van der Waals surface area contributed by atoms with Crippen molar-refractivity contribution in [1.29, 1.82) is 0 Å². The van der Waals surface area contributed by atoms with Crippen LogP contribution < -0.4 is 9.47 Å². The van der Waals surface area contributed by atoms with Crippen molar-refractivity contribution in [2.24, 2.45) is 7.05 Å². The number of pyridine rings is 1. The first-order chi connectivity index (χ1) is 19.7. The summed E-state index contributed by atoms with van der Waals surface area (Å²) in [5, 5.41) is 28.1. The zero-order valence-electron chi connectivity index (χ0n) is 24.9. The second-order valence-electron chi connectivity index (χ2n) is 10.8. The summed E-state index contributed by atoms with van der Waals surface area (Å²) in [4.78, 5) is 6.95. The van der Waals surface area contributed by atoms with Gasteiger partial charge in [-0.25, -0.2) is 9.67 Å². The van der Waals surface area contributed by atoms with Crippen LogP contribution in [0.25, 0.3) is 34.3 Å². The maximum atomic E-state index is 10.1. The van der Waals surface area contributed by atoms with E-state index in [2.05, 4.69) is 40.0 Å². The lowest BCUT2D eigenvalue weighted by Gasteiger charge is -2.26. The van der Waals surface area contributed by atoms with E-state index in [1.165, 1.54) is 0 Å². The minimum absolute atomic E-state index is 0.0443. The van der Waals surface area contributed by atoms with Crippen molar-refractivity contribution in [2.75, 3.05) is 26.8 Å². The first-order valence-corrected chi connectivity index (χ1v) is 14.1. The normalized spacial score (nSPS) is 17.6. The van der Waals surface area contributed by atoms with Crippen molar-refractivity contribution in [2.45, 2.75) is 66.0 Å². The van der Waals surface area contributed by atoms with Gasteiger partial charge in [0.15, 0.2) is 5.65 Å². The highest BCUT2D eigenvalue weighted by molar-refractivity contribution is 5.91. The summed E-state index contributed by atoms with van der Waals surface area (Å²) < 4.78 is 21.9. The summed E-state index contributed by atoms with van der Waals surface area (Å²) in [6.07, 6.45) is 5.56. The number of nitrogens with zero attached hydrogens (tertiary/aromatic N) is 7. The molecule has 0 aromatic carbocycles. The Morgan fingerprint density at radius 1 is 1.22 bits per heavy atom. The second-order valence-corrected chi connectivity index (χ2v) is 10.8. The lowest BCUT2D eigenvalue weighted by molar-refractivity contribution is 0.132. The maximum absolute atomic E-state index is 10.1. The molecule has 220 valence electrons. The van der Waals surface area contributed by atoms with E-state index in [1.807, 2.05) is 44.7 Å². The number of rotatable bonds is 7. The summed E-state index contributed by atoms with van der Waals surface area (Å²) in [6, 6.07) is 1.83. The Morgan fingerprint density at radius 3 is 2.73 bits per heavy atom. The van der Waals surface area contributed by atoms with Gasteiger partial charge in [0.05, 0.1) is 53.6 Å². The number of ether oxygens (including phenoxy) is 3. The number of aryl methyl sites for hydroxylation is 1. The molecule has 1 aliphatic heterocycles. The molecule has 0 aliphatic carbocycles. The molecule has 12 nitrogen and oxygen atoms in total. The van der Waals surface area contributed by atoms with Crippen molar-refractivity contribution in [3.63, 3.8) is 0 Å². The fourth-order valence-corrected chi connectivity index (χ4v) is 5.22. The van der Waals surface area contributed by atoms with E-state index in [0.29, 0.717) is 37.1 Å². The number of H-pyrrole nitrogens is 1. The van der Waals surface area contributed by atoms with E-state index in [0.717, 1.165) is 45.7 Å². The summed E-state index contributed by atoms with van der Waals surface area (Å²) in [7, 11) is 3.54. The second kappa shape index (κ2) is 12.0. The van der Waals surface area contributed by atoms with Crippen LogP contribution in [0.5, 0.6) is 11.8 Å². The highest BCUT2D eigenvalue weighted by Gasteiger charge is 2.26. The number of aliphatic hydroxyl groups excluding tert-OH is 1. The number of likely N-dealkylation sites (N-methyl/N-ethyl adjacent to an activating group) is 1. The fourth-order valence-electron chi connectivity index (χ4n) is 5.22. The Morgan fingerprint density at radius 2 is 2.02 bits per heavy atom. The van der Waals surface area contributed by atoms with Crippen molar-refractivity contribution in [3.05, 3.63) is 34.9 Å². The van der Waals surface area contributed by atoms with E-state index in [4.69, 9.17) is 24.4 Å². The molecule has 4 aromatic heterocycles. The third-order valence-corrected chi connectivity index (χ3v) is 7.19. The zero-order chi connectivity index (χ0) is 29.3. The number of aliphatic hydroxyl groups is 1. The molecule has 2 bridgehead atoms. The Hall–Kier alpha value is -3.74. The van der Waals surface area contributed by atoms with Gasteiger partial charge in [0.25, 0.3) is 0 Å². The van der Waals surface area contributed by atoms with Crippen molar-refractivity contribution in [3.8, 4) is 22.9 Å². The molecule has 2 atom stereocenters. The van der Waals surface area contributed by atoms with E-state index in [-0.39, 0.29) is 24.9 Å². The van der Waals surface area contributed by atoms with Crippen molar-refractivity contribution < 1.29 is 19.3 Å². The molecule has 0 spiro atoms. The average Bonchev–Trinajstić information content (AvgIpc) is 3.59. The Labute approximate surface area is 239 Å². The molecular weight excluding hydrogens is 524 g/mol. The van der Waals surface area contributed by atoms with Gasteiger partial charge >= 0.3 is 0 Å². The van der Waals surface area contributed by atoms with Crippen LogP contribution in [-0.4, -0.2) is 83.8 Å². The monoisotopic (exact) mass is 564 g/mol. The molecule has 0 saturated carbocycles. The number of fused-ring (bicyclic) bond motifs is 4. The van der Waals surface area contributed by atoms with E-state index in [1.54, 1.807) is 18.0 Å². The number of aromatic nitrogens is 7. The Bertz CT molecular complexity index is 1540. The minimum Gasteiger partial charge on any atom is -0.473 e. The minimum atomic E-state index is -0.230. The molecule has 0 fully saturated rings. The first kappa shape index (κ1) is 28.8. The van der Waals surface area contributed by atoms with Crippen LogP contribution >= 0.6 is 0 Å². The number of methoxy groups -OCH3 is 1. The van der Waals surface area contributed by atoms with Crippen LogP contribution in [0.3, 0.4) is 0 Å². The Balaban J connectivity index is 1.73. The fraction of sp³-hybridized carbons (Fsp3) is 0.517. The molecule has 2 N–H and O–H groups in total. The standard InChI is InChI=1S/C29H40N8O4/c1-8-36-13-19(5)41-29-26(24(16-39-7)33-35(29)6)20-11-22-23(31-32-27(22)30-12-20)10-9-21-25(14-36)37(18(4)15-38)34-28(21)40-17(2)3/h9-12,17-19,38H,8,13-16H2,1-7H3,(H,30,31,32)/b10-9+/t18-,19-/m0/s1. The van der Waals surface area contributed by atoms with Crippen LogP contribution in [0.2, 0.25) is 0 Å². The van der Waals surface area contributed by atoms with Gasteiger partial charge in [0.1, 0.15) is 6.10 Å². The highest BCUT2D eigenvalue weighted by Crippen LogP contribution is 2.36. The molecule has 5 heterocycles. The van der Waals surface area contributed by atoms with E-state index < -0.39 is 0 Å². The Kier molecular flexibility index (Phi) is 8.43. The van der Waals surface area contributed by atoms with Gasteiger partial charge in [-0.2, -0.15) is 10.2 Å². The smallest absolute Gasteiger partial charge is 0.240 e. The molecule has 1 aliphatic rings. The summed E-state index contributed by atoms with van der Waals surface area (Å²) >= 11 is 0. The average molecular weight is 565 g/mol.